The molecule has 148 valence electrons. The Kier molecular flexibility index (Phi) is 10.5. The fraction of sp³-hybridized carbons (Fsp3) is 0.944. The first-order chi connectivity index (χ1) is 11.9. The fourth-order valence-corrected chi connectivity index (χ4v) is 2.96. The third-order valence-electron chi connectivity index (χ3n) is 4.64. The molecule has 25 heavy (non-hydrogen) atoms. The molecule has 0 amide bonds. The van der Waals surface area contributed by atoms with Crippen LogP contribution in [-0.2, 0) is 14.3 Å². The Labute approximate surface area is 150 Å². The Morgan fingerprint density at radius 3 is 2.12 bits per heavy atom. The summed E-state index contributed by atoms with van der Waals surface area (Å²) in [7, 11) is 0. The number of carbonyl (C=O) groups is 1. The molecule has 0 radical (unpaired) electrons. The summed E-state index contributed by atoms with van der Waals surface area (Å²) in [5.74, 6) is -2.61. The highest BCUT2D eigenvalue weighted by Gasteiger charge is 2.53. The number of hydrogen-bond donors (Lipinski definition) is 4. The third kappa shape index (κ3) is 7.58. The van der Waals surface area contributed by atoms with Crippen molar-refractivity contribution in [2.45, 2.75) is 95.2 Å². The van der Waals surface area contributed by atoms with Crippen molar-refractivity contribution in [1.82, 2.24) is 0 Å². The van der Waals surface area contributed by atoms with Gasteiger partial charge in [0.05, 0.1) is 6.61 Å². The topological polar surface area (TPSA) is 116 Å². The molecule has 1 rings (SSSR count). The van der Waals surface area contributed by atoms with Crippen molar-refractivity contribution < 1.29 is 34.7 Å². The summed E-state index contributed by atoms with van der Waals surface area (Å²) < 4.78 is 10.0. The van der Waals surface area contributed by atoms with Crippen molar-refractivity contribution in [3.8, 4) is 0 Å². The highest BCUT2D eigenvalue weighted by Crippen LogP contribution is 2.29. The average molecular weight is 362 g/mol. The molecule has 1 heterocycles. The minimum atomic E-state index is -2.21. The van der Waals surface area contributed by atoms with E-state index in [9.17, 15) is 20.1 Å². The first kappa shape index (κ1) is 22.3. The molecule has 4 N–H and O–H groups in total. The Balaban J connectivity index is 2.06. The van der Waals surface area contributed by atoms with Gasteiger partial charge in [-0.05, 0) is 6.42 Å². The third-order valence-corrected chi connectivity index (χ3v) is 4.64. The second kappa shape index (κ2) is 11.8. The molecule has 0 unspecified atom stereocenters. The van der Waals surface area contributed by atoms with E-state index in [0.29, 0.717) is 6.42 Å². The largest absolute Gasteiger partial charge is 0.463 e. The quantitative estimate of drug-likeness (QED) is 0.288. The number of aliphatic hydroxyl groups excluding tert-OH is 3. The lowest BCUT2D eigenvalue weighted by atomic mass is 10.1. The van der Waals surface area contributed by atoms with Crippen LogP contribution in [0.4, 0.5) is 0 Å². The normalized spacial score (nSPS) is 29.1. The van der Waals surface area contributed by atoms with E-state index >= 15 is 0 Å². The van der Waals surface area contributed by atoms with Crippen molar-refractivity contribution in [1.29, 1.82) is 0 Å². The summed E-state index contributed by atoms with van der Waals surface area (Å²) in [5, 5.41) is 38.1. The molecular formula is C18H34O7. The fourth-order valence-electron chi connectivity index (χ4n) is 2.96. The molecule has 0 aliphatic carbocycles. The number of aliphatic hydroxyl groups is 4. The first-order valence-electron chi connectivity index (χ1n) is 9.47. The summed E-state index contributed by atoms with van der Waals surface area (Å²) in [4.78, 5) is 11.7. The van der Waals surface area contributed by atoms with Gasteiger partial charge in [0.1, 0.15) is 24.9 Å². The van der Waals surface area contributed by atoms with Crippen molar-refractivity contribution in [3.05, 3.63) is 0 Å². The van der Waals surface area contributed by atoms with Crippen molar-refractivity contribution in [2.24, 2.45) is 0 Å². The molecular weight excluding hydrogens is 328 g/mol. The van der Waals surface area contributed by atoms with Gasteiger partial charge in [-0.15, -0.1) is 0 Å². The van der Waals surface area contributed by atoms with Crippen molar-refractivity contribution in [2.75, 3.05) is 13.2 Å². The van der Waals surface area contributed by atoms with Crippen LogP contribution in [-0.4, -0.2) is 63.7 Å². The predicted molar refractivity (Wildman–Crippen MR) is 91.7 cm³/mol. The van der Waals surface area contributed by atoms with Crippen LogP contribution in [0.1, 0.15) is 71.1 Å². The lowest BCUT2D eigenvalue weighted by Gasteiger charge is -2.22. The minimum Gasteiger partial charge on any atom is -0.463 e. The maximum Gasteiger partial charge on any atom is 0.305 e. The van der Waals surface area contributed by atoms with Gasteiger partial charge in [-0.25, -0.2) is 0 Å². The Bertz CT molecular complexity index is 376. The number of hydrogen-bond acceptors (Lipinski definition) is 7. The van der Waals surface area contributed by atoms with E-state index in [2.05, 4.69) is 6.92 Å². The maximum absolute atomic E-state index is 11.7. The van der Waals surface area contributed by atoms with Crippen LogP contribution in [0, 0.1) is 0 Å². The van der Waals surface area contributed by atoms with Gasteiger partial charge in [-0.3, -0.25) is 4.79 Å². The van der Waals surface area contributed by atoms with Crippen LogP contribution in [0.5, 0.6) is 0 Å². The summed E-state index contributed by atoms with van der Waals surface area (Å²) in [5.41, 5.74) is 0. The van der Waals surface area contributed by atoms with E-state index < -0.39 is 36.7 Å². The van der Waals surface area contributed by atoms with E-state index in [-0.39, 0.29) is 6.61 Å². The molecule has 1 fully saturated rings. The molecule has 0 saturated carbocycles. The number of ether oxygens (including phenoxy) is 2. The molecule has 0 spiro atoms. The van der Waals surface area contributed by atoms with Crippen molar-refractivity contribution in [3.63, 3.8) is 0 Å². The summed E-state index contributed by atoms with van der Waals surface area (Å²) in [6.45, 7) is 1.08. The lowest BCUT2D eigenvalue weighted by molar-refractivity contribution is -0.248. The molecule has 1 aliphatic rings. The van der Waals surface area contributed by atoms with E-state index in [1.807, 2.05) is 0 Å². The predicted octanol–water partition coefficient (Wildman–Crippen LogP) is 1.25. The molecule has 0 bridgehead atoms. The zero-order valence-electron chi connectivity index (χ0n) is 15.2. The van der Waals surface area contributed by atoms with Gasteiger partial charge in [-0.2, -0.15) is 0 Å². The number of unbranched alkanes of at least 4 members (excludes halogenated alkanes) is 8. The number of esters is 1. The molecule has 7 nitrogen and oxygen atoms in total. The highest BCUT2D eigenvalue weighted by molar-refractivity contribution is 5.69. The minimum absolute atomic E-state index is 0.267. The molecule has 1 saturated heterocycles. The van der Waals surface area contributed by atoms with Crippen LogP contribution < -0.4 is 0 Å². The lowest BCUT2D eigenvalue weighted by Crippen LogP contribution is -2.46. The Morgan fingerprint density at radius 2 is 1.60 bits per heavy atom. The summed E-state index contributed by atoms with van der Waals surface area (Å²) >= 11 is 0. The van der Waals surface area contributed by atoms with Gasteiger partial charge in [0.2, 0.25) is 5.79 Å². The molecule has 0 aromatic heterocycles. The van der Waals surface area contributed by atoms with Gasteiger partial charge in [0.25, 0.3) is 0 Å². The second-order valence-corrected chi connectivity index (χ2v) is 6.86. The highest BCUT2D eigenvalue weighted by atomic mass is 16.7. The van der Waals surface area contributed by atoms with Crippen molar-refractivity contribution >= 4 is 5.97 Å². The molecule has 0 aromatic carbocycles. The average Bonchev–Trinajstić information content (AvgIpc) is 2.83. The SMILES string of the molecule is CCCCCCCCCCCC(=O)OC[C@H]1O[C@@](O)(CO)[C@@H](O)[C@@H]1O. The molecule has 7 heteroatoms. The van der Waals surface area contributed by atoms with Gasteiger partial charge >= 0.3 is 5.97 Å². The van der Waals surface area contributed by atoms with Gasteiger partial charge in [0, 0.05) is 6.42 Å². The Hall–Kier alpha value is -0.730. The van der Waals surface area contributed by atoms with E-state index in [4.69, 9.17) is 14.6 Å². The van der Waals surface area contributed by atoms with Crippen LogP contribution in [0.3, 0.4) is 0 Å². The van der Waals surface area contributed by atoms with Crippen LogP contribution in [0.15, 0.2) is 0 Å². The Morgan fingerprint density at radius 1 is 1.04 bits per heavy atom. The molecule has 0 aromatic rings. The monoisotopic (exact) mass is 362 g/mol. The van der Waals surface area contributed by atoms with Crippen LogP contribution in [0.25, 0.3) is 0 Å². The van der Waals surface area contributed by atoms with E-state index in [1.165, 1.54) is 38.5 Å². The standard InChI is InChI=1S/C18H34O7/c1-2-3-4-5-6-7-8-9-10-11-15(20)24-12-14-16(21)17(22)18(23,13-19)25-14/h14,16-17,19,21-23H,2-13H2,1H3/t14-,16-,17+,18+/m1/s1. The number of carbonyl (C=O) groups excluding carboxylic acids is 1. The molecule has 4 atom stereocenters. The van der Waals surface area contributed by atoms with E-state index in [0.717, 1.165) is 19.3 Å². The first-order valence-corrected chi connectivity index (χ1v) is 9.47. The molecule has 1 aliphatic heterocycles. The number of rotatable bonds is 13. The second-order valence-electron chi connectivity index (χ2n) is 6.86. The smallest absolute Gasteiger partial charge is 0.305 e. The summed E-state index contributed by atoms with van der Waals surface area (Å²) in [6, 6.07) is 0. The van der Waals surface area contributed by atoms with Crippen LogP contribution >= 0.6 is 0 Å². The van der Waals surface area contributed by atoms with Gasteiger partial charge < -0.3 is 29.9 Å². The van der Waals surface area contributed by atoms with Gasteiger partial charge in [-0.1, -0.05) is 58.3 Å². The zero-order valence-corrected chi connectivity index (χ0v) is 15.2. The van der Waals surface area contributed by atoms with Gasteiger partial charge in [0.15, 0.2) is 0 Å². The maximum atomic E-state index is 11.7. The summed E-state index contributed by atoms with van der Waals surface area (Å²) in [6.07, 6.45) is 6.61. The zero-order chi connectivity index (χ0) is 18.7. The van der Waals surface area contributed by atoms with Crippen LogP contribution in [0.2, 0.25) is 0 Å². The van der Waals surface area contributed by atoms with E-state index in [1.54, 1.807) is 0 Å².